The fourth-order valence-corrected chi connectivity index (χ4v) is 2.11. The molecule has 1 aromatic carbocycles. The Kier molecular flexibility index (Phi) is 30.7. The summed E-state index contributed by atoms with van der Waals surface area (Å²) in [4.78, 5) is 46.5. The average Bonchev–Trinajstić information content (AvgIpc) is 2.92. The van der Waals surface area contributed by atoms with Crippen molar-refractivity contribution in [2.75, 3.05) is 33.2 Å². The third-order valence-electron chi connectivity index (χ3n) is 4.27. The number of likely N-dealkylation sites (N-methyl/N-ethyl adjacent to an activating group) is 1. The molecular formula is C28H51F3N4O4. The Morgan fingerprint density at radius 2 is 1.28 bits per heavy atom. The highest BCUT2D eigenvalue weighted by Gasteiger charge is 2.29. The molecule has 0 spiro atoms. The molecule has 1 aromatic rings. The van der Waals surface area contributed by atoms with E-state index in [-0.39, 0.29) is 37.4 Å². The van der Waals surface area contributed by atoms with Gasteiger partial charge in [-0.1, -0.05) is 79.0 Å². The number of nitrogens with one attached hydrogen (secondary N) is 3. The molecular weight excluding hydrogens is 513 g/mol. The lowest BCUT2D eigenvalue weighted by Crippen LogP contribution is -2.46. The van der Waals surface area contributed by atoms with Crippen LogP contribution in [0.15, 0.2) is 24.3 Å². The first-order valence-electron chi connectivity index (χ1n) is 13.4. The highest BCUT2D eigenvalue weighted by molar-refractivity contribution is 5.89. The fourth-order valence-electron chi connectivity index (χ4n) is 2.11. The second kappa shape index (κ2) is 27.9. The number of carbonyl (C=O) groups is 4. The summed E-state index contributed by atoms with van der Waals surface area (Å²) < 4.78 is 35.8. The molecule has 0 radical (unpaired) electrons. The SMILES string of the molecule is CC.CC.CCCC.CCCN(CC(=O)NC)C(=O)CNC(=O)CNC(C)=O.Cc1ccc(C(F)(F)F)cc1. The minimum Gasteiger partial charge on any atom is -0.358 e. The molecule has 0 saturated heterocycles. The zero-order valence-electron chi connectivity index (χ0n) is 25.5. The molecule has 39 heavy (non-hydrogen) atoms. The molecule has 3 N–H and O–H groups in total. The van der Waals surface area contributed by atoms with Crippen LogP contribution < -0.4 is 16.0 Å². The Balaban J connectivity index is -0.000000268. The molecule has 0 bridgehead atoms. The first kappa shape index (κ1) is 43.0. The Hall–Kier alpha value is -3.11. The lowest BCUT2D eigenvalue weighted by atomic mass is 10.1. The van der Waals surface area contributed by atoms with E-state index in [0.29, 0.717) is 13.0 Å². The summed E-state index contributed by atoms with van der Waals surface area (Å²) in [6.45, 7) is 17.3. The number of rotatable bonds is 9. The molecule has 0 unspecified atom stereocenters. The number of hydrogen-bond donors (Lipinski definition) is 3. The van der Waals surface area contributed by atoms with Crippen LogP contribution in [0.4, 0.5) is 13.2 Å². The number of aryl methyl sites for hydroxylation is 1. The van der Waals surface area contributed by atoms with Gasteiger partial charge in [-0.2, -0.15) is 13.2 Å². The molecule has 4 amide bonds. The Morgan fingerprint density at radius 3 is 1.64 bits per heavy atom. The molecule has 0 fully saturated rings. The van der Waals surface area contributed by atoms with Gasteiger partial charge in [-0.3, -0.25) is 19.2 Å². The van der Waals surface area contributed by atoms with Gasteiger partial charge in [0, 0.05) is 20.5 Å². The van der Waals surface area contributed by atoms with Gasteiger partial charge in [0.25, 0.3) is 0 Å². The van der Waals surface area contributed by atoms with Crippen molar-refractivity contribution in [2.24, 2.45) is 0 Å². The molecule has 11 heteroatoms. The van der Waals surface area contributed by atoms with Crippen molar-refractivity contribution in [3.05, 3.63) is 35.4 Å². The van der Waals surface area contributed by atoms with E-state index in [4.69, 9.17) is 0 Å². The van der Waals surface area contributed by atoms with E-state index >= 15 is 0 Å². The smallest absolute Gasteiger partial charge is 0.358 e. The number of unbranched alkanes of at least 4 members (excludes halogenated alkanes) is 1. The lowest BCUT2D eigenvalue weighted by Gasteiger charge is -2.21. The summed E-state index contributed by atoms with van der Waals surface area (Å²) in [5, 5.41) is 7.15. The number of benzene rings is 1. The van der Waals surface area contributed by atoms with Gasteiger partial charge < -0.3 is 20.9 Å². The zero-order chi connectivity index (χ0) is 31.4. The summed E-state index contributed by atoms with van der Waals surface area (Å²) in [6, 6.07) is 5.05. The number of nitrogens with zero attached hydrogens (tertiary/aromatic N) is 1. The average molecular weight is 565 g/mol. The number of carbonyl (C=O) groups excluding carboxylic acids is 4. The van der Waals surface area contributed by atoms with Gasteiger partial charge in [-0.25, -0.2) is 0 Å². The van der Waals surface area contributed by atoms with Crippen LogP contribution in [-0.2, 0) is 25.4 Å². The molecule has 0 heterocycles. The van der Waals surface area contributed by atoms with Crippen LogP contribution in [0.2, 0.25) is 0 Å². The predicted octanol–water partition coefficient (Wildman–Crippen LogP) is 5.10. The van der Waals surface area contributed by atoms with Gasteiger partial charge in [0.2, 0.25) is 23.6 Å². The van der Waals surface area contributed by atoms with E-state index in [2.05, 4.69) is 29.8 Å². The molecule has 1 rings (SSSR count). The van der Waals surface area contributed by atoms with Crippen molar-refractivity contribution in [2.45, 2.75) is 87.8 Å². The minimum absolute atomic E-state index is 0.0370. The van der Waals surface area contributed by atoms with Crippen LogP contribution in [0, 0.1) is 6.92 Å². The van der Waals surface area contributed by atoms with Crippen molar-refractivity contribution < 1.29 is 32.3 Å². The van der Waals surface area contributed by atoms with Gasteiger partial charge in [-0.05, 0) is 25.5 Å². The first-order chi connectivity index (χ1) is 18.3. The minimum atomic E-state index is -4.21. The van der Waals surface area contributed by atoms with Crippen LogP contribution in [-0.4, -0.2) is 61.8 Å². The lowest BCUT2D eigenvalue weighted by molar-refractivity contribution is -0.137. The van der Waals surface area contributed by atoms with Crippen LogP contribution in [0.5, 0.6) is 0 Å². The van der Waals surface area contributed by atoms with Gasteiger partial charge in [-0.15, -0.1) is 0 Å². The molecule has 0 aliphatic carbocycles. The summed E-state index contributed by atoms with van der Waals surface area (Å²) >= 11 is 0. The third kappa shape index (κ3) is 27.7. The van der Waals surface area contributed by atoms with E-state index in [9.17, 15) is 32.3 Å². The summed E-state index contributed by atoms with van der Waals surface area (Å²) in [5.74, 6) is -1.38. The predicted molar refractivity (Wildman–Crippen MR) is 152 cm³/mol. The summed E-state index contributed by atoms with van der Waals surface area (Å²) in [6.07, 6.45) is -0.865. The molecule has 0 aliphatic rings. The van der Waals surface area contributed by atoms with Gasteiger partial charge in [0.15, 0.2) is 0 Å². The number of hydrogen-bond acceptors (Lipinski definition) is 4. The van der Waals surface area contributed by atoms with Gasteiger partial charge in [0.05, 0.1) is 25.2 Å². The number of amides is 4. The number of halogens is 3. The Labute approximate surface area is 233 Å². The van der Waals surface area contributed by atoms with Crippen molar-refractivity contribution >= 4 is 23.6 Å². The maximum Gasteiger partial charge on any atom is 0.416 e. The van der Waals surface area contributed by atoms with E-state index in [1.807, 2.05) is 34.6 Å². The van der Waals surface area contributed by atoms with Crippen LogP contribution in [0.3, 0.4) is 0 Å². The molecule has 228 valence electrons. The quantitative estimate of drug-likeness (QED) is 0.388. The number of alkyl halides is 3. The second-order valence-corrected chi connectivity index (χ2v) is 7.54. The van der Waals surface area contributed by atoms with E-state index < -0.39 is 17.6 Å². The highest BCUT2D eigenvalue weighted by atomic mass is 19.4. The fraction of sp³-hybridized carbons (Fsp3) is 0.643. The van der Waals surface area contributed by atoms with Crippen LogP contribution >= 0.6 is 0 Å². The Morgan fingerprint density at radius 1 is 0.795 bits per heavy atom. The molecule has 0 aliphatic heterocycles. The highest BCUT2D eigenvalue weighted by Crippen LogP contribution is 2.28. The second-order valence-electron chi connectivity index (χ2n) is 7.54. The molecule has 0 atom stereocenters. The summed E-state index contributed by atoms with van der Waals surface area (Å²) in [7, 11) is 1.49. The van der Waals surface area contributed by atoms with Crippen molar-refractivity contribution in [3.8, 4) is 0 Å². The molecule has 8 nitrogen and oxygen atoms in total. The molecule has 0 aromatic heterocycles. The standard InChI is InChI=1S/C12H22N4O4.C8H7F3.C4H10.2C2H6/c1-4-5-16(8-11(19)13-3)12(20)7-15-10(18)6-14-9(2)17;1-6-2-4-7(5-3-6)8(9,10)11;1-3-4-2;2*1-2/h4-8H2,1-3H3,(H,13,19)(H,14,17)(H,15,18);2-5H,1H3;3-4H2,1-2H3;2*1-2H3. The van der Waals surface area contributed by atoms with Crippen LogP contribution in [0.25, 0.3) is 0 Å². The van der Waals surface area contributed by atoms with Crippen molar-refractivity contribution in [3.63, 3.8) is 0 Å². The van der Waals surface area contributed by atoms with E-state index in [1.54, 1.807) is 6.92 Å². The van der Waals surface area contributed by atoms with E-state index in [1.165, 1.54) is 43.8 Å². The maximum atomic E-state index is 11.9. The van der Waals surface area contributed by atoms with E-state index in [0.717, 1.165) is 17.7 Å². The summed E-state index contributed by atoms with van der Waals surface area (Å²) in [5.41, 5.74) is 0.237. The third-order valence-corrected chi connectivity index (χ3v) is 4.27. The topological polar surface area (TPSA) is 108 Å². The van der Waals surface area contributed by atoms with Gasteiger partial charge in [0.1, 0.15) is 0 Å². The van der Waals surface area contributed by atoms with Crippen molar-refractivity contribution in [1.82, 2.24) is 20.9 Å². The van der Waals surface area contributed by atoms with Gasteiger partial charge >= 0.3 is 6.18 Å². The Bertz CT molecular complexity index is 769. The molecule has 0 saturated carbocycles. The first-order valence-corrected chi connectivity index (χ1v) is 13.4. The normalized spacial score (nSPS) is 9.26. The zero-order valence-corrected chi connectivity index (χ0v) is 25.5. The van der Waals surface area contributed by atoms with Crippen LogP contribution in [0.1, 0.15) is 85.8 Å². The largest absolute Gasteiger partial charge is 0.416 e. The maximum absolute atomic E-state index is 11.9. The monoisotopic (exact) mass is 564 g/mol. The van der Waals surface area contributed by atoms with Crippen molar-refractivity contribution in [1.29, 1.82) is 0 Å².